The van der Waals surface area contributed by atoms with Crippen molar-refractivity contribution in [1.82, 2.24) is 30.3 Å². The van der Waals surface area contributed by atoms with Crippen LogP contribution in [0.4, 0.5) is 0 Å². The zero-order valence-electron chi connectivity index (χ0n) is 27.9. The summed E-state index contributed by atoms with van der Waals surface area (Å²) in [4.78, 5) is 45.8. The number of rotatable bonds is 13. The Labute approximate surface area is 303 Å². The van der Waals surface area contributed by atoms with Crippen LogP contribution in [0.2, 0.25) is 10.0 Å². The summed E-state index contributed by atoms with van der Waals surface area (Å²) in [5, 5.41) is 19.6. The van der Waals surface area contributed by atoms with Crippen LogP contribution in [0.25, 0.3) is 39.2 Å². The number of fused-ring (bicyclic) bond motifs is 1. The molecule has 3 aromatic heterocycles. The van der Waals surface area contributed by atoms with Crippen LogP contribution in [0, 0.1) is 0 Å². The second kappa shape index (κ2) is 16.0. The Balaban J connectivity index is 1.24. The number of ether oxygens (including phenoxy) is 2. The van der Waals surface area contributed by atoms with E-state index in [0.717, 1.165) is 17.5 Å². The summed E-state index contributed by atoms with van der Waals surface area (Å²) in [7, 11) is 2.76. The van der Waals surface area contributed by atoms with Crippen molar-refractivity contribution in [2.75, 3.05) is 27.4 Å². The molecule has 0 radical (unpaired) electrons. The molecule has 5 aromatic rings. The normalized spacial score (nSPS) is 14.8. The van der Waals surface area contributed by atoms with Crippen LogP contribution in [0.15, 0.2) is 77.9 Å². The maximum absolute atomic E-state index is 13.2. The number of nitrogens with zero attached hydrogens (tertiary/aromatic N) is 3. The van der Waals surface area contributed by atoms with E-state index in [9.17, 15) is 19.5 Å². The van der Waals surface area contributed by atoms with Gasteiger partial charge in [-0.1, -0.05) is 65.7 Å². The van der Waals surface area contributed by atoms with Crippen molar-refractivity contribution in [3.05, 3.63) is 105 Å². The van der Waals surface area contributed by atoms with E-state index in [1.54, 1.807) is 18.5 Å². The monoisotopic (exact) mass is 730 g/mol. The maximum atomic E-state index is 13.2. The van der Waals surface area contributed by atoms with E-state index in [0.29, 0.717) is 74.6 Å². The van der Waals surface area contributed by atoms with Crippen LogP contribution in [0.1, 0.15) is 24.0 Å². The van der Waals surface area contributed by atoms with E-state index in [4.69, 9.17) is 32.7 Å². The predicted octanol–water partition coefficient (Wildman–Crippen LogP) is 4.40. The number of carbonyl (C=O) groups is 2. The van der Waals surface area contributed by atoms with Gasteiger partial charge in [0.05, 0.1) is 36.6 Å². The van der Waals surface area contributed by atoms with Crippen molar-refractivity contribution < 1.29 is 24.2 Å². The van der Waals surface area contributed by atoms with Gasteiger partial charge >= 0.3 is 5.97 Å². The zero-order chi connectivity index (χ0) is 36.1. The average molecular weight is 732 g/mol. The maximum Gasteiger partial charge on any atom is 0.325 e. The molecule has 0 spiro atoms. The van der Waals surface area contributed by atoms with Gasteiger partial charge in [0.15, 0.2) is 0 Å². The minimum atomic E-state index is -0.889. The summed E-state index contributed by atoms with van der Waals surface area (Å²) in [6, 6.07) is 17.7. The van der Waals surface area contributed by atoms with Gasteiger partial charge in [0.2, 0.25) is 11.8 Å². The number of benzene rings is 2. The van der Waals surface area contributed by atoms with E-state index >= 15 is 0 Å². The number of esters is 1. The molecule has 4 heterocycles. The molecule has 1 saturated heterocycles. The number of hydrogen-bond acceptors (Lipinski definition) is 10. The third kappa shape index (κ3) is 7.75. The van der Waals surface area contributed by atoms with Gasteiger partial charge in [0, 0.05) is 77.9 Å². The molecule has 0 unspecified atom stereocenters. The van der Waals surface area contributed by atoms with E-state index in [2.05, 4.69) is 25.9 Å². The lowest BCUT2D eigenvalue weighted by Crippen LogP contribution is -2.40. The van der Waals surface area contributed by atoms with Crippen LogP contribution in [-0.4, -0.2) is 70.8 Å². The van der Waals surface area contributed by atoms with Gasteiger partial charge in [0.1, 0.15) is 11.7 Å². The predicted molar refractivity (Wildman–Crippen MR) is 195 cm³/mol. The lowest BCUT2D eigenvalue weighted by Gasteiger charge is -2.16. The van der Waals surface area contributed by atoms with Gasteiger partial charge in [-0.05, 0) is 30.2 Å². The standard InChI is InChI=1S/C37H36Cl2N6O6/c1-50-35-22(17-41-30(20-46)37(49)51-2)9-11-29(44-35)28-8-4-7-27(34(28)39)26-6-3-5-25(33(26)38)21-13-14-45-31(15-21)42-18-23(36(45)48)16-40-19-24-10-12-32(47)43-24/h3-9,11,13-15,18,24,30,40-41,46H,10,12,16-17,19-20H2,1-2H3,(H,43,47)/t24-,30-/m1/s1. The van der Waals surface area contributed by atoms with Crippen molar-refractivity contribution in [2.45, 2.75) is 38.0 Å². The average Bonchev–Trinajstić information content (AvgIpc) is 3.57. The fraction of sp³-hybridized carbons (Fsp3) is 0.270. The van der Waals surface area contributed by atoms with Gasteiger partial charge in [-0.3, -0.25) is 24.1 Å². The van der Waals surface area contributed by atoms with Crippen LogP contribution in [-0.2, 0) is 27.4 Å². The minimum Gasteiger partial charge on any atom is -0.481 e. The molecule has 51 heavy (non-hydrogen) atoms. The molecular formula is C37H36Cl2N6O6. The number of methoxy groups -OCH3 is 2. The topological polar surface area (TPSA) is 156 Å². The Bertz CT molecular complexity index is 2160. The number of pyridine rings is 2. The van der Waals surface area contributed by atoms with Gasteiger partial charge in [0.25, 0.3) is 5.56 Å². The molecule has 2 atom stereocenters. The zero-order valence-corrected chi connectivity index (χ0v) is 29.4. The Morgan fingerprint density at radius 2 is 1.73 bits per heavy atom. The first-order valence-corrected chi connectivity index (χ1v) is 17.0. The molecule has 1 fully saturated rings. The molecule has 0 saturated carbocycles. The number of halogens is 2. The van der Waals surface area contributed by atoms with Gasteiger partial charge in [-0.25, -0.2) is 9.97 Å². The molecule has 1 amide bonds. The molecule has 14 heteroatoms. The van der Waals surface area contributed by atoms with Crippen LogP contribution in [0.3, 0.4) is 0 Å². The van der Waals surface area contributed by atoms with E-state index in [1.165, 1.54) is 18.6 Å². The fourth-order valence-corrected chi connectivity index (χ4v) is 6.70. The lowest BCUT2D eigenvalue weighted by atomic mass is 9.97. The summed E-state index contributed by atoms with van der Waals surface area (Å²) in [5.41, 5.74) is 5.61. The Morgan fingerprint density at radius 3 is 2.41 bits per heavy atom. The lowest BCUT2D eigenvalue weighted by molar-refractivity contribution is -0.144. The fourth-order valence-electron chi connectivity index (χ4n) is 6.04. The highest BCUT2D eigenvalue weighted by Gasteiger charge is 2.22. The van der Waals surface area contributed by atoms with E-state index in [1.807, 2.05) is 54.6 Å². The Hall–Kier alpha value is -4.85. The third-order valence-electron chi connectivity index (χ3n) is 8.79. The number of hydrogen-bond donors (Lipinski definition) is 4. The van der Waals surface area contributed by atoms with Crippen LogP contribution >= 0.6 is 23.2 Å². The van der Waals surface area contributed by atoms with Crippen LogP contribution < -0.4 is 26.2 Å². The van der Waals surface area contributed by atoms with E-state index in [-0.39, 0.29) is 24.1 Å². The van der Waals surface area contributed by atoms with Crippen LogP contribution in [0.5, 0.6) is 5.88 Å². The highest BCUT2D eigenvalue weighted by Crippen LogP contribution is 2.42. The Kier molecular flexibility index (Phi) is 11.3. The molecule has 0 bridgehead atoms. The van der Waals surface area contributed by atoms with Crippen molar-refractivity contribution in [3.8, 4) is 39.4 Å². The quantitative estimate of drug-likeness (QED) is 0.128. The van der Waals surface area contributed by atoms with Crippen molar-refractivity contribution >= 4 is 40.7 Å². The second-order valence-corrected chi connectivity index (χ2v) is 12.8. The first-order chi connectivity index (χ1) is 24.7. The van der Waals surface area contributed by atoms with Gasteiger partial charge in [-0.2, -0.15) is 0 Å². The minimum absolute atomic E-state index is 0.0516. The second-order valence-electron chi connectivity index (χ2n) is 12.0. The number of aromatic nitrogens is 3. The molecule has 12 nitrogen and oxygen atoms in total. The number of aliphatic hydroxyl groups excluding tert-OH is 1. The third-order valence-corrected chi connectivity index (χ3v) is 9.60. The van der Waals surface area contributed by atoms with Gasteiger partial charge in [-0.15, -0.1) is 0 Å². The summed E-state index contributed by atoms with van der Waals surface area (Å²) in [5.74, 6) is -0.197. The molecule has 6 rings (SSSR count). The molecule has 0 aliphatic carbocycles. The molecular weight excluding hydrogens is 695 g/mol. The molecule has 264 valence electrons. The Morgan fingerprint density at radius 1 is 1.00 bits per heavy atom. The number of aliphatic hydroxyl groups is 1. The number of carbonyl (C=O) groups excluding carboxylic acids is 2. The summed E-state index contributed by atoms with van der Waals surface area (Å²) in [6.45, 7) is 0.693. The number of amides is 1. The van der Waals surface area contributed by atoms with Gasteiger partial charge < -0.3 is 25.2 Å². The van der Waals surface area contributed by atoms with Crippen molar-refractivity contribution in [3.63, 3.8) is 0 Å². The van der Waals surface area contributed by atoms with Crippen molar-refractivity contribution in [2.24, 2.45) is 0 Å². The highest BCUT2D eigenvalue weighted by atomic mass is 35.5. The van der Waals surface area contributed by atoms with Crippen molar-refractivity contribution in [1.29, 1.82) is 0 Å². The smallest absolute Gasteiger partial charge is 0.325 e. The SMILES string of the molecule is COC(=O)[C@@H](CO)NCc1ccc(-c2cccc(-c3cccc(-c4ccn5c(=O)c(CNC[C@H]6CCC(=O)N6)cnc5c4)c3Cl)c2Cl)nc1OC. The first-order valence-electron chi connectivity index (χ1n) is 16.3. The summed E-state index contributed by atoms with van der Waals surface area (Å²) >= 11 is 14.1. The first kappa shape index (κ1) is 36.0. The highest BCUT2D eigenvalue weighted by molar-refractivity contribution is 6.39. The molecule has 4 N–H and O–H groups in total. The summed E-state index contributed by atoms with van der Waals surface area (Å²) in [6.07, 6.45) is 4.57. The summed E-state index contributed by atoms with van der Waals surface area (Å²) < 4.78 is 11.8. The number of nitrogens with one attached hydrogen (secondary N) is 3. The largest absolute Gasteiger partial charge is 0.481 e. The molecule has 2 aromatic carbocycles. The van der Waals surface area contributed by atoms with E-state index < -0.39 is 18.6 Å². The molecule has 1 aliphatic heterocycles. The molecule has 1 aliphatic rings.